The van der Waals surface area contributed by atoms with E-state index >= 15 is 4.39 Å². The van der Waals surface area contributed by atoms with Gasteiger partial charge in [0.1, 0.15) is 19.1 Å². The second-order valence-electron chi connectivity index (χ2n) is 11.7. The van der Waals surface area contributed by atoms with Gasteiger partial charge < -0.3 is 19.7 Å². The smallest absolute Gasteiger partial charge is 0.226 e. The predicted molar refractivity (Wildman–Crippen MR) is 181 cm³/mol. The van der Waals surface area contributed by atoms with E-state index in [2.05, 4.69) is 51.2 Å². The highest BCUT2D eigenvalue weighted by atomic mass is 32.3. The molecule has 1 fully saturated rings. The second kappa shape index (κ2) is 15.0. The largest absolute Gasteiger partial charge is 0.490 e. The molecule has 1 unspecified atom stereocenters. The van der Waals surface area contributed by atoms with Crippen LogP contribution in [0.1, 0.15) is 33.8 Å². The minimum absolute atomic E-state index is 0. The Kier molecular flexibility index (Phi) is 11.4. The fraction of sp³-hybridized carbons (Fsp3) is 0.500. The summed E-state index contributed by atoms with van der Waals surface area (Å²) in [6.07, 6.45) is 12.2. The Morgan fingerprint density at radius 2 is 1.86 bits per heavy atom. The maximum Gasteiger partial charge on any atom is 0.226 e. The van der Waals surface area contributed by atoms with Crippen LogP contribution >= 0.6 is 10.0 Å². The molecule has 1 saturated heterocycles. The maximum absolute atomic E-state index is 15.4. The molecular formula is C32H49FN8O2S. The fourth-order valence-electron chi connectivity index (χ4n) is 4.74. The van der Waals surface area contributed by atoms with Crippen molar-refractivity contribution in [1.82, 2.24) is 34.4 Å². The van der Waals surface area contributed by atoms with E-state index in [0.29, 0.717) is 53.6 Å². The zero-order chi connectivity index (χ0) is 31.9. The van der Waals surface area contributed by atoms with Gasteiger partial charge in [0.05, 0.1) is 24.1 Å². The van der Waals surface area contributed by atoms with E-state index in [-0.39, 0.29) is 8.16 Å². The van der Waals surface area contributed by atoms with Crippen LogP contribution in [0.3, 0.4) is 0 Å². The standard InChI is InChI=1S/C30H41FN8O2S.C2H6.H2/c1-21-9-10-23(17-32-21)29-35-30(38(3)36-29)34-26-12-11-22(16-27(26)41-19-24-8-7-13-37(24)2)25-18-33-39(28(25)31)20-40-14-15-42(4,5)6;1-2;/h9-12,16-18,24H,7-8,13-15,19-20H2,1-6H3,(H,34,35,36);1-2H3;1H. The number of aromatic nitrogens is 6. The molecule has 3 aromatic heterocycles. The number of aryl methyl sites for hydroxylation is 2. The summed E-state index contributed by atoms with van der Waals surface area (Å²) in [6.45, 7) is 8.17. The Labute approximate surface area is 263 Å². The topological polar surface area (TPSA) is 95.2 Å². The molecule has 0 spiro atoms. The van der Waals surface area contributed by atoms with Crippen LogP contribution in [0.25, 0.3) is 22.5 Å². The molecule has 12 heteroatoms. The highest BCUT2D eigenvalue weighted by Crippen LogP contribution is 2.35. The van der Waals surface area contributed by atoms with Crippen molar-refractivity contribution in [2.75, 3.05) is 56.6 Å². The molecule has 0 bridgehead atoms. The molecule has 1 atom stereocenters. The van der Waals surface area contributed by atoms with Gasteiger partial charge in [-0.15, -0.1) is 5.10 Å². The lowest BCUT2D eigenvalue weighted by Crippen LogP contribution is -2.30. The van der Waals surface area contributed by atoms with Gasteiger partial charge >= 0.3 is 0 Å². The first-order valence-electron chi connectivity index (χ1n) is 15.1. The first-order chi connectivity index (χ1) is 21.1. The van der Waals surface area contributed by atoms with Crippen molar-refractivity contribution < 1.29 is 15.3 Å². The Balaban J connectivity index is 0.00000180. The van der Waals surface area contributed by atoms with Crippen LogP contribution in [0.4, 0.5) is 16.0 Å². The quantitative estimate of drug-likeness (QED) is 0.182. The number of hydrogen-bond donors (Lipinski definition) is 1. The van der Waals surface area contributed by atoms with Gasteiger partial charge in [0.25, 0.3) is 0 Å². The average Bonchev–Trinajstić information content (AvgIpc) is 3.69. The van der Waals surface area contributed by atoms with Crippen LogP contribution in [0.15, 0.2) is 42.7 Å². The number of halogens is 1. The average molecular weight is 629 g/mol. The molecule has 1 N–H and O–H groups in total. The van der Waals surface area contributed by atoms with Gasteiger partial charge in [-0.25, -0.2) is 19.4 Å². The molecule has 10 nitrogen and oxygen atoms in total. The first-order valence-corrected chi connectivity index (χ1v) is 18.1. The van der Waals surface area contributed by atoms with Gasteiger partial charge in [0.15, 0.2) is 5.82 Å². The number of nitrogens with one attached hydrogen (secondary N) is 1. The Bertz CT molecular complexity index is 1510. The molecule has 0 radical (unpaired) electrons. The van der Waals surface area contributed by atoms with Crippen molar-refractivity contribution in [2.24, 2.45) is 7.05 Å². The number of rotatable bonds is 12. The summed E-state index contributed by atoms with van der Waals surface area (Å²) >= 11 is 0. The molecule has 242 valence electrons. The zero-order valence-corrected chi connectivity index (χ0v) is 28.1. The molecule has 0 aliphatic carbocycles. The summed E-state index contributed by atoms with van der Waals surface area (Å²) in [7, 11) is 3.27. The number of likely N-dealkylation sites (tertiary alicyclic amines) is 1. The number of likely N-dealkylation sites (N-methyl/N-ethyl adjacent to an activating group) is 1. The Morgan fingerprint density at radius 3 is 2.55 bits per heavy atom. The number of hydrogen-bond acceptors (Lipinski definition) is 8. The summed E-state index contributed by atoms with van der Waals surface area (Å²) in [5.74, 6) is 2.24. The molecule has 4 aromatic rings. The van der Waals surface area contributed by atoms with E-state index in [1.165, 1.54) is 10.9 Å². The summed E-state index contributed by atoms with van der Waals surface area (Å²) in [4.78, 5) is 11.4. The number of pyridine rings is 1. The lowest BCUT2D eigenvalue weighted by molar-refractivity contribution is 0.0722. The van der Waals surface area contributed by atoms with E-state index in [1.54, 1.807) is 10.9 Å². The number of anilines is 2. The molecule has 1 aliphatic rings. The van der Waals surface area contributed by atoms with E-state index in [1.807, 2.05) is 58.2 Å². The fourth-order valence-corrected chi connectivity index (χ4v) is 5.36. The van der Waals surface area contributed by atoms with E-state index in [9.17, 15) is 0 Å². The Morgan fingerprint density at radius 1 is 1.09 bits per heavy atom. The van der Waals surface area contributed by atoms with Gasteiger partial charge in [0, 0.05) is 37.7 Å². The summed E-state index contributed by atoms with van der Waals surface area (Å²) < 4.78 is 30.5. The van der Waals surface area contributed by atoms with Crippen LogP contribution in [0.2, 0.25) is 0 Å². The van der Waals surface area contributed by atoms with Crippen molar-refractivity contribution >= 4 is 21.7 Å². The zero-order valence-electron chi connectivity index (χ0n) is 27.3. The van der Waals surface area contributed by atoms with Gasteiger partial charge in [-0.2, -0.15) is 14.5 Å². The molecule has 44 heavy (non-hydrogen) atoms. The number of ether oxygens (including phenoxy) is 2. The molecular weight excluding hydrogens is 579 g/mol. The highest BCUT2D eigenvalue weighted by Gasteiger charge is 2.23. The molecule has 4 heterocycles. The van der Waals surface area contributed by atoms with Crippen LogP contribution in [-0.2, 0) is 18.5 Å². The van der Waals surface area contributed by atoms with Crippen LogP contribution in [0, 0.1) is 12.9 Å². The lowest BCUT2D eigenvalue weighted by atomic mass is 10.1. The second-order valence-corrected chi connectivity index (χ2v) is 16.3. The van der Waals surface area contributed by atoms with E-state index < -0.39 is 16.0 Å². The van der Waals surface area contributed by atoms with Crippen LogP contribution < -0.4 is 10.1 Å². The van der Waals surface area contributed by atoms with Crippen LogP contribution in [-0.4, -0.2) is 91.8 Å². The lowest BCUT2D eigenvalue weighted by Gasteiger charge is -2.24. The van der Waals surface area contributed by atoms with Crippen molar-refractivity contribution in [3.63, 3.8) is 0 Å². The molecule has 0 amide bonds. The number of benzene rings is 1. The maximum atomic E-state index is 15.4. The SMILES string of the molecule is CC.Cc1ccc(-c2nc(Nc3ccc(-c4cnn(COCCS(C)(C)C)c4F)cc3OCC3CCCN3C)n(C)n2)cn1.[HH]. The monoisotopic (exact) mass is 628 g/mol. The van der Waals surface area contributed by atoms with E-state index in [4.69, 9.17) is 14.5 Å². The molecule has 0 saturated carbocycles. The van der Waals surface area contributed by atoms with Crippen LogP contribution in [0.5, 0.6) is 5.75 Å². The molecule has 1 aromatic carbocycles. The molecule has 5 rings (SSSR count). The Hall–Kier alpha value is -3.48. The minimum atomic E-state index is -0.674. The van der Waals surface area contributed by atoms with Crippen molar-refractivity contribution in [1.29, 1.82) is 0 Å². The summed E-state index contributed by atoms with van der Waals surface area (Å²) in [5.41, 5.74) is 3.53. The summed E-state index contributed by atoms with van der Waals surface area (Å²) in [5, 5.41) is 12.2. The first kappa shape index (κ1) is 33.4. The third-order valence-corrected chi connectivity index (χ3v) is 8.79. The van der Waals surface area contributed by atoms with Gasteiger partial charge in [-0.1, -0.05) is 19.9 Å². The van der Waals surface area contributed by atoms with Crippen molar-refractivity contribution in [3.05, 3.63) is 54.4 Å². The minimum Gasteiger partial charge on any atom is -0.490 e. The third kappa shape index (κ3) is 8.58. The van der Waals surface area contributed by atoms with Crippen molar-refractivity contribution in [3.8, 4) is 28.3 Å². The highest BCUT2D eigenvalue weighted by molar-refractivity contribution is 8.32. The predicted octanol–water partition coefficient (Wildman–Crippen LogP) is 6.35. The summed E-state index contributed by atoms with van der Waals surface area (Å²) in [6, 6.07) is 9.80. The number of nitrogens with zero attached hydrogens (tertiary/aromatic N) is 7. The van der Waals surface area contributed by atoms with E-state index in [0.717, 1.165) is 36.4 Å². The normalized spacial score (nSPS) is 15.6. The van der Waals surface area contributed by atoms with Gasteiger partial charge in [0.2, 0.25) is 11.9 Å². The van der Waals surface area contributed by atoms with Crippen molar-refractivity contribution in [2.45, 2.75) is 46.4 Å². The van der Waals surface area contributed by atoms with Gasteiger partial charge in [-0.05, 0) is 82.0 Å². The molecule has 1 aliphatic heterocycles. The van der Waals surface area contributed by atoms with Gasteiger partial charge in [-0.3, -0.25) is 4.98 Å². The third-order valence-electron chi connectivity index (χ3n) is 7.40.